The quantitative estimate of drug-likeness (QED) is 0.815. The van der Waals surface area contributed by atoms with Crippen molar-refractivity contribution in [3.63, 3.8) is 0 Å². The van der Waals surface area contributed by atoms with Crippen LogP contribution < -0.4 is 5.73 Å². The van der Waals surface area contributed by atoms with E-state index in [4.69, 9.17) is 10.8 Å². The third-order valence-electron chi connectivity index (χ3n) is 1.57. The summed E-state index contributed by atoms with van der Waals surface area (Å²) in [6.45, 7) is -0.141. The van der Waals surface area contributed by atoms with Gasteiger partial charge in [0.1, 0.15) is 5.82 Å². The van der Waals surface area contributed by atoms with Crippen LogP contribution in [0.3, 0.4) is 0 Å². The van der Waals surface area contributed by atoms with Gasteiger partial charge in [0.2, 0.25) is 0 Å². The standard InChI is InChI=1S/C8H9BrFNO/c9-6-3-5(8(11)4-12)1-2-7(6)10/h1-3,8,12H,4,11H2/t8-/m0/s1. The van der Waals surface area contributed by atoms with Crippen LogP contribution in [0.25, 0.3) is 0 Å². The van der Waals surface area contributed by atoms with Gasteiger partial charge in [-0.2, -0.15) is 0 Å². The summed E-state index contributed by atoms with van der Waals surface area (Å²) in [5, 5.41) is 8.71. The predicted octanol–water partition coefficient (Wildman–Crippen LogP) is 1.58. The molecule has 2 nitrogen and oxygen atoms in total. The Morgan fingerprint density at radius 1 is 1.58 bits per heavy atom. The van der Waals surface area contributed by atoms with Crippen LogP contribution in [0.2, 0.25) is 0 Å². The zero-order valence-corrected chi connectivity index (χ0v) is 7.88. The Morgan fingerprint density at radius 3 is 2.75 bits per heavy atom. The van der Waals surface area contributed by atoms with Crippen LogP contribution in [-0.2, 0) is 0 Å². The van der Waals surface area contributed by atoms with E-state index in [1.807, 2.05) is 0 Å². The number of aliphatic hydroxyl groups is 1. The van der Waals surface area contributed by atoms with Gasteiger partial charge in [0.25, 0.3) is 0 Å². The molecule has 0 aliphatic rings. The molecule has 0 aliphatic carbocycles. The molecule has 0 fully saturated rings. The lowest BCUT2D eigenvalue weighted by molar-refractivity contribution is 0.268. The Hall–Kier alpha value is -0.450. The minimum Gasteiger partial charge on any atom is -0.394 e. The third kappa shape index (κ3) is 2.03. The maximum absolute atomic E-state index is 12.7. The third-order valence-corrected chi connectivity index (χ3v) is 2.18. The largest absolute Gasteiger partial charge is 0.394 e. The number of aliphatic hydroxyl groups excluding tert-OH is 1. The molecule has 1 aromatic rings. The summed E-state index contributed by atoms with van der Waals surface area (Å²) in [4.78, 5) is 0. The molecular weight excluding hydrogens is 225 g/mol. The summed E-state index contributed by atoms with van der Waals surface area (Å²) in [6.07, 6.45) is 0. The Balaban J connectivity index is 2.96. The minimum atomic E-state index is -0.443. The molecule has 0 aromatic heterocycles. The van der Waals surface area contributed by atoms with Crippen molar-refractivity contribution < 1.29 is 9.50 Å². The fourth-order valence-corrected chi connectivity index (χ4v) is 1.24. The van der Waals surface area contributed by atoms with Crippen molar-refractivity contribution in [2.75, 3.05) is 6.61 Å². The first kappa shape index (κ1) is 9.64. The van der Waals surface area contributed by atoms with Gasteiger partial charge < -0.3 is 10.8 Å². The molecule has 0 saturated heterocycles. The van der Waals surface area contributed by atoms with E-state index in [1.165, 1.54) is 6.07 Å². The second-order valence-corrected chi connectivity index (χ2v) is 3.32. The Labute approximate surface area is 78.3 Å². The minimum absolute atomic E-state index is 0.141. The van der Waals surface area contributed by atoms with Gasteiger partial charge in [-0.05, 0) is 33.6 Å². The summed E-state index contributed by atoms with van der Waals surface area (Å²) < 4.78 is 13.1. The molecule has 0 bridgehead atoms. The Kier molecular flexibility index (Phi) is 3.20. The fraction of sp³-hybridized carbons (Fsp3) is 0.250. The molecule has 4 heteroatoms. The van der Waals surface area contributed by atoms with Crippen molar-refractivity contribution in [2.24, 2.45) is 5.73 Å². The lowest BCUT2D eigenvalue weighted by Gasteiger charge is -2.08. The SMILES string of the molecule is N[C@@H](CO)c1ccc(F)c(Br)c1. The highest BCUT2D eigenvalue weighted by molar-refractivity contribution is 9.10. The summed E-state index contributed by atoms with van der Waals surface area (Å²) in [5.41, 5.74) is 6.23. The number of nitrogens with two attached hydrogens (primary N) is 1. The molecule has 66 valence electrons. The summed E-state index contributed by atoms with van der Waals surface area (Å²) in [7, 11) is 0. The van der Waals surface area contributed by atoms with Crippen LogP contribution in [0.1, 0.15) is 11.6 Å². The number of rotatable bonds is 2. The topological polar surface area (TPSA) is 46.2 Å². The van der Waals surface area contributed by atoms with E-state index in [2.05, 4.69) is 15.9 Å². The predicted molar refractivity (Wildman–Crippen MR) is 48.1 cm³/mol. The van der Waals surface area contributed by atoms with Gasteiger partial charge in [-0.25, -0.2) is 4.39 Å². The molecule has 3 N–H and O–H groups in total. The van der Waals surface area contributed by atoms with Gasteiger partial charge in [0.15, 0.2) is 0 Å². The highest BCUT2D eigenvalue weighted by atomic mass is 79.9. The van der Waals surface area contributed by atoms with E-state index in [-0.39, 0.29) is 12.4 Å². The van der Waals surface area contributed by atoms with Crippen LogP contribution in [0.4, 0.5) is 4.39 Å². The summed E-state index contributed by atoms with van der Waals surface area (Å²) in [6, 6.07) is 3.99. The average molecular weight is 234 g/mol. The number of halogens is 2. The van der Waals surface area contributed by atoms with Crippen molar-refractivity contribution in [3.8, 4) is 0 Å². The van der Waals surface area contributed by atoms with E-state index in [0.29, 0.717) is 10.0 Å². The van der Waals surface area contributed by atoms with Crippen LogP contribution in [0, 0.1) is 5.82 Å². The van der Waals surface area contributed by atoms with E-state index in [0.717, 1.165) is 0 Å². The highest BCUT2D eigenvalue weighted by Gasteiger charge is 2.06. The van der Waals surface area contributed by atoms with Crippen molar-refractivity contribution in [1.29, 1.82) is 0 Å². The number of hydrogen-bond acceptors (Lipinski definition) is 2. The zero-order valence-electron chi connectivity index (χ0n) is 6.30. The van der Waals surface area contributed by atoms with Crippen molar-refractivity contribution in [1.82, 2.24) is 0 Å². The summed E-state index contributed by atoms with van der Waals surface area (Å²) >= 11 is 3.03. The molecule has 0 aliphatic heterocycles. The smallest absolute Gasteiger partial charge is 0.137 e. The van der Waals surface area contributed by atoms with E-state index >= 15 is 0 Å². The lowest BCUT2D eigenvalue weighted by atomic mass is 10.1. The molecule has 0 saturated carbocycles. The van der Waals surface area contributed by atoms with Crippen LogP contribution >= 0.6 is 15.9 Å². The molecular formula is C8H9BrFNO. The van der Waals surface area contributed by atoms with E-state index in [9.17, 15) is 4.39 Å². The second kappa shape index (κ2) is 3.98. The first-order valence-electron chi connectivity index (χ1n) is 3.46. The van der Waals surface area contributed by atoms with Crippen molar-refractivity contribution >= 4 is 15.9 Å². The van der Waals surface area contributed by atoms with Crippen molar-refractivity contribution in [3.05, 3.63) is 34.1 Å². The van der Waals surface area contributed by atoms with Gasteiger partial charge in [-0.3, -0.25) is 0 Å². The highest BCUT2D eigenvalue weighted by Crippen LogP contribution is 2.19. The molecule has 0 heterocycles. The van der Waals surface area contributed by atoms with E-state index in [1.54, 1.807) is 12.1 Å². The number of benzene rings is 1. The Bertz CT molecular complexity index is 280. The second-order valence-electron chi connectivity index (χ2n) is 2.46. The van der Waals surface area contributed by atoms with Gasteiger partial charge in [0, 0.05) is 0 Å². The van der Waals surface area contributed by atoms with Crippen molar-refractivity contribution in [2.45, 2.75) is 6.04 Å². The summed E-state index contributed by atoms with van der Waals surface area (Å²) in [5.74, 6) is -0.330. The van der Waals surface area contributed by atoms with Gasteiger partial charge in [-0.1, -0.05) is 6.07 Å². The monoisotopic (exact) mass is 233 g/mol. The molecule has 0 unspecified atom stereocenters. The van der Waals surface area contributed by atoms with Gasteiger partial charge in [0.05, 0.1) is 17.1 Å². The maximum atomic E-state index is 12.7. The molecule has 12 heavy (non-hydrogen) atoms. The molecule has 0 radical (unpaired) electrons. The molecule has 1 aromatic carbocycles. The average Bonchev–Trinajstić information content (AvgIpc) is 2.08. The van der Waals surface area contributed by atoms with Crippen LogP contribution in [-0.4, -0.2) is 11.7 Å². The fourth-order valence-electron chi connectivity index (χ4n) is 0.848. The Morgan fingerprint density at radius 2 is 2.25 bits per heavy atom. The first-order valence-corrected chi connectivity index (χ1v) is 4.26. The molecule has 0 amide bonds. The molecule has 0 spiro atoms. The van der Waals surface area contributed by atoms with Crippen LogP contribution in [0.5, 0.6) is 0 Å². The van der Waals surface area contributed by atoms with Crippen LogP contribution in [0.15, 0.2) is 22.7 Å². The van der Waals surface area contributed by atoms with Gasteiger partial charge in [-0.15, -0.1) is 0 Å². The van der Waals surface area contributed by atoms with E-state index < -0.39 is 6.04 Å². The molecule has 1 atom stereocenters. The zero-order chi connectivity index (χ0) is 9.14. The lowest BCUT2D eigenvalue weighted by Crippen LogP contribution is -2.14. The molecule has 1 rings (SSSR count). The first-order chi connectivity index (χ1) is 5.65. The van der Waals surface area contributed by atoms with Gasteiger partial charge >= 0.3 is 0 Å². The normalized spacial score (nSPS) is 13.0. The number of hydrogen-bond donors (Lipinski definition) is 2. The maximum Gasteiger partial charge on any atom is 0.137 e.